The molecule has 1 aromatic heterocycles. The van der Waals surface area contributed by atoms with E-state index in [2.05, 4.69) is 4.98 Å². The van der Waals surface area contributed by atoms with Crippen LogP contribution in [0.2, 0.25) is 0 Å². The standard InChI is InChI=1S/C10H13NO3/c1-8(5-10(12)13)14-7-9-3-2-4-11-6-9/h2-4,6,8H,5,7H2,1H3,(H,12,13)/t8-/m0/s1. The molecule has 1 N–H and O–H groups in total. The predicted molar refractivity (Wildman–Crippen MR) is 50.7 cm³/mol. The lowest BCUT2D eigenvalue weighted by molar-refractivity contribution is -0.140. The highest BCUT2D eigenvalue weighted by molar-refractivity contribution is 5.67. The van der Waals surface area contributed by atoms with E-state index in [-0.39, 0.29) is 12.5 Å². The molecule has 0 aliphatic heterocycles. The Morgan fingerprint density at radius 1 is 1.71 bits per heavy atom. The summed E-state index contributed by atoms with van der Waals surface area (Å²) in [6, 6.07) is 3.71. The molecule has 1 aromatic rings. The highest BCUT2D eigenvalue weighted by Gasteiger charge is 2.07. The van der Waals surface area contributed by atoms with Gasteiger partial charge in [0.25, 0.3) is 0 Å². The van der Waals surface area contributed by atoms with Crippen LogP contribution >= 0.6 is 0 Å². The molecule has 0 aliphatic carbocycles. The van der Waals surface area contributed by atoms with Crippen molar-refractivity contribution in [3.63, 3.8) is 0 Å². The molecular weight excluding hydrogens is 182 g/mol. The second-order valence-corrected chi connectivity index (χ2v) is 3.08. The molecule has 76 valence electrons. The fourth-order valence-corrected chi connectivity index (χ4v) is 1.03. The van der Waals surface area contributed by atoms with E-state index in [4.69, 9.17) is 9.84 Å². The zero-order valence-electron chi connectivity index (χ0n) is 8.01. The van der Waals surface area contributed by atoms with Crippen LogP contribution in [0.1, 0.15) is 18.9 Å². The molecule has 0 saturated carbocycles. The molecular formula is C10H13NO3. The van der Waals surface area contributed by atoms with Gasteiger partial charge in [0.1, 0.15) is 0 Å². The molecule has 0 bridgehead atoms. The Morgan fingerprint density at radius 3 is 3.07 bits per heavy atom. The highest BCUT2D eigenvalue weighted by atomic mass is 16.5. The largest absolute Gasteiger partial charge is 0.481 e. The molecule has 0 saturated heterocycles. The van der Waals surface area contributed by atoms with Crippen LogP contribution in [0.25, 0.3) is 0 Å². The zero-order chi connectivity index (χ0) is 10.4. The van der Waals surface area contributed by atoms with E-state index in [1.54, 1.807) is 19.3 Å². The van der Waals surface area contributed by atoms with Gasteiger partial charge in [-0.1, -0.05) is 6.07 Å². The van der Waals surface area contributed by atoms with Gasteiger partial charge < -0.3 is 9.84 Å². The van der Waals surface area contributed by atoms with Crippen LogP contribution in [0.15, 0.2) is 24.5 Å². The van der Waals surface area contributed by atoms with Gasteiger partial charge in [-0.15, -0.1) is 0 Å². The summed E-state index contributed by atoms with van der Waals surface area (Å²) in [4.78, 5) is 14.3. The Kier molecular flexibility index (Phi) is 4.07. The highest BCUT2D eigenvalue weighted by Crippen LogP contribution is 2.03. The van der Waals surface area contributed by atoms with E-state index >= 15 is 0 Å². The van der Waals surface area contributed by atoms with Gasteiger partial charge >= 0.3 is 5.97 Å². The van der Waals surface area contributed by atoms with Crippen molar-refractivity contribution in [3.05, 3.63) is 30.1 Å². The van der Waals surface area contributed by atoms with Crippen LogP contribution in [-0.4, -0.2) is 22.2 Å². The first kappa shape index (κ1) is 10.7. The minimum atomic E-state index is -0.844. The van der Waals surface area contributed by atoms with Crippen LogP contribution in [-0.2, 0) is 16.1 Å². The average Bonchev–Trinajstić information content (AvgIpc) is 2.15. The topological polar surface area (TPSA) is 59.4 Å². The fraction of sp³-hybridized carbons (Fsp3) is 0.400. The Morgan fingerprint density at radius 2 is 2.50 bits per heavy atom. The predicted octanol–water partition coefficient (Wildman–Crippen LogP) is 1.46. The first-order chi connectivity index (χ1) is 6.68. The van der Waals surface area contributed by atoms with Crippen molar-refractivity contribution in [1.29, 1.82) is 0 Å². The zero-order valence-corrected chi connectivity index (χ0v) is 8.01. The van der Waals surface area contributed by atoms with Gasteiger partial charge in [-0.2, -0.15) is 0 Å². The van der Waals surface area contributed by atoms with Gasteiger partial charge in [-0.3, -0.25) is 9.78 Å². The molecule has 0 aliphatic rings. The van der Waals surface area contributed by atoms with Gasteiger partial charge in [0, 0.05) is 12.4 Å². The second kappa shape index (κ2) is 5.34. The first-order valence-electron chi connectivity index (χ1n) is 4.41. The van der Waals surface area contributed by atoms with Crippen LogP contribution in [0.5, 0.6) is 0 Å². The first-order valence-corrected chi connectivity index (χ1v) is 4.41. The summed E-state index contributed by atoms with van der Waals surface area (Å²) < 4.78 is 5.32. The third-order valence-corrected chi connectivity index (χ3v) is 1.72. The number of carboxylic acids is 1. The van der Waals surface area contributed by atoms with Crippen molar-refractivity contribution in [2.24, 2.45) is 0 Å². The van der Waals surface area contributed by atoms with Crippen molar-refractivity contribution >= 4 is 5.97 Å². The van der Waals surface area contributed by atoms with Crippen molar-refractivity contribution in [2.45, 2.75) is 26.1 Å². The summed E-state index contributed by atoms with van der Waals surface area (Å²) in [7, 11) is 0. The summed E-state index contributed by atoms with van der Waals surface area (Å²) in [6.45, 7) is 2.15. The third-order valence-electron chi connectivity index (χ3n) is 1.72. The van der Waals surface area contributed by atoms with E-state index in [9.17, 15) is 4.79 Å². The number of aliphatic carboxylic acids is 1. The number of ether oxygens (including phenoxy) is 1. The second-order valence-electron chi connectivity index (χ2n) is 3.08. The number of carbonyl (C=O) groups is 1. The van der Waals surface area contributed by atoms with Crippen molar-refractivity contribution < 1.29 is 14.6 Å². The normalized spacial score (nSPS) is 12.4. The molecule has 0 amide bonds. The maximum Gasteiger partial charge on any atom is 0.305 e. The Hall–Kier alpha value is -1.42. The molecule has 0 fully saturated rings. The van der Waals surface area contributed by atoms with Crippen LogP contribution < -0.4 is 0 Å². The average molecular weight is 195 g/mol. The number of rotatable bonds is 5. The molecule has 4 heteroatoms. The van der Waals surface area contributed by atoms with Crippen LogP contribution in [0.4, 0.5) is 0 Å². The summed E-state index contributed by atoms with van der Waals surface area (Å²) in [5, 5.41) is 8.49. The Labute approximate surface area is 82.5 Å². The molecule has 0 unspecified atom stereocenters. The van der Waals surface area contributed by atoms with Crippen molar-refractivity contribution in [3.8, 4) is 0 Å². The maximum absolute atomic E-state index is 10.3. The third kappa shape index (κ3) is 4.00. The SMILES string of the molecule is C[C@@H](CC(=O)O)OCc1cccnc1. The molecule has 1 rings (SSSR count). The Balaban J connectivity index is 2.30. The van der Waals surface area contributed by atoms with E-state index in [1.807, 2.05) is 12.1 Å². The summed E-state index contributed by atoms with van der Waals surface area (Å²) in [5.74, 6) is -0.844. The van der Waals surface area contributed by atoms with Gasteiger partial charge in [0.15, 0.2) is 0 Å². The lowest BCUT2D eigenvalue weighted by atomic mass is 10.3. The molecule has 0 aromatic carbocycles. The molecule has 1 atom stereocenters. The number of hydrogen-bond donors (Lipinski definition) is 1. The number of hydrogen-bond acceptors (Lipinski definition) is 3. The van der Waals surface area contributed by atoms with Crippen LogP contribution in [0, 0.1) is 0 Å². The van der Waals surface area contributed by atoms with E-state index in [0.717, 1.165) is 5.56 Å². The summed E-state index contributed by atoms with van der Waals surface area (Å²) in [5.41, 5.74) is 0.949. The monoisotopic (exact) mass is 195 g/mol. The van der Waals surface area contributed by atoms with Gasteiger partial charge in [0.05, 0.1) is 19.1 Å². The van der Waals surface area contributed by atoms with Gasteiger partial charge in [-0.05, 0) is 18.6 Å². The maximum atomic E-state index is 10.3. The lowest BCUT2D eigenvalue weighted by Crippen LogP contribution is -2.13. The Bertz CT molecular complexity index is 287. The molecule has 1 heterocycles. The van der Waals surface area contributed by atoms with Crippen LogP contribution in [0.3, 0.4) is 0 Å². The van der Waals surface area contributed by atoms with Crippen molar-refractivity contribution in [2.75, 3.05) is 0 Å². The minimum absolute atomic E-state index is 0.0280. The molecule has 4 nitrogen and oxygen atoms in total. The summed E-state index contributed by atoms with van der Waals surface area (Å²) >= 11 is 0. The smallest absolute Gasteiger partial charge is 0.305 e. The number of aromatic nitrogens is 1. The van der Waals surface area contributed by atoms with E-state index in [0.29, 0.717) is 6.61 Å². The van der Waals surface area contributed by atoms with E-state index < -0.39 is 5.97 Å². The van der Waals surface area contributed by atoms with E-state index in [1.165, 1.54) is 0 Å². The summed E-state index contributed by atoms with van der Waals surface area (Å²) in [6.07, 6.45) is 3.14. The quantitative estimate of drug-likeness (QED) is 0.772. The van der Waals surface area contributed by atoms with Gasteiger partial charge in [-0.25, -0.2) is 0 Å². The van der Waals surface area contributed by atoms with Gasteiger partial charge in [0.2, 0.25) is 0 Å². The van der Waals surface area contributed by atoms with Crippen molar-refractivity contribution in [1.82, 2.24) is 4.98 Å². The number of carboxylic acid groups (broad SMARTS) is 1. The number of nitrogens with zero attached hydrogens (tertiary/aromatic N) is 1. The minimum Gasteiger partial charge on any atom is -0.481 e. The molecule has 0 radical (unpaired) electrons. The molecule has 0 spiro atoms. The molecule has 14 heavy (non-hydrogen) atoms. The number of pyridine rings is 1. The fourth-order valence-electron chi connectivity index (χ4n) is 1.03. The lowest BCUT2D eigenvalue weighted by Gasteiger charge is -2.09.